The van der Waals surface area contributed by atoms with Crippen molar-refractivity contribution in [3.8, 4) is 11.3 Å². The van der Waals surface area contributed by atoms with E-state index in [4.69, 9.17) is 5.73 Å². The summed E-state index contributed by atoms with van der Waals surface area (Å²) in [6, 6.07) is 7.50. The first-order chi connectivity index (χ1) is 7.09. The quantitative estimate of drug-likeness (QED) is 0.774. The van der Waals surface area contributed by atoms with Crippen molar-refractivity contribution in [1.29, 1.82) is 0 Å². The first kappa shape index (κ1) is 9.71. The van der Waals surface area contributed by atoms with E-state index in [0.29, 0.717) is 5.69 Å². The van der Waals surface area contributed by atoms with Crippen LogP contribution in [0.2, 0.25) is 0 Å². The summed E-state index contributed by atoms with van der Waals surface area (Å²) in [4.78, 5) is 0. The van der Waals surface area contributed by atoms with Gasteiger partial charge < -0.3 is 5.73 Å². The first-order valence-electron chi connectivity index (χ1n) is 4.64. The van der Waals surface area contributed by atoms with Gasteiger partial charge in [0, 0.05) is 12.6 Å². The van der Waals surface area contributed by atoms with Gasteiger partial charge in [0.05, 0.1) is 0 Å². The smallest absolute Gasteiger partial charge is 0.192 e. The van der Waals surface area contributed by atoms with Crippen molar-refractivity contribution in [2.75, 3.05) is 5.73 Å². The Kier molecular flexibility index (Phi) is 2.19. The zero-order valence-corrected chi connectivity index (χ0v) is 8.66. The van der Waals surface area contributed by atoms with Gasteiger partial charge in [0.15, 0.2) is 11.6 Å². The molecule has 2 N–H and O–H groups in total. The highest BCUT2D eigenvalue weighted by Crippen LogP contribution is 2.24. The molecule has 15 heavy (non-hydrogen) atoms. The van der Waals surface area contributed by atoms with Crippen molar-refractivity contribution in [3.05, 3.63) is 35.6 Å². The van der Waals surface area contributed by atoms with Gasteiger partial charge >= 0.3 is 0 Å². The number of anilines is 1. The number of hydrogen-bond donors (Lipinski definition) is 1. The fourth-order valence-electron chi connectivity index (χ4n) is 1.41. The number of nitrogens with zero attached hydrogens (tertiary/aromatic N) is 2. The molecule has 0 atom stereocenters. The minimum absolute atomic E-state index is 0.0607. The predicted molar refractivity (Wildman–Crippen MR) is 57.8 cm³/mol. The highest BCUT2D eigenvalue weighted by atomic mass is 19.1. The van der Waals surface area contributed by atoms with E-state index in [2.05, 4.69) is 5.10 Å². The van der Waals surface area contributed by atoms with Crippen LogP contribution < -0.4 is 5.73 Å². The van der Waals surface area contributed by atoms with Gasteiger partial charge in [-0.15, -0.1) is 0 Å². The second-order valence-electron chi connectivity index (χ2n) is 3.54. The van der Waals surface area contributed by atoms with Gasteiger partial charge in [-0.25, -0.2) is 9.07 Å². The molecule has 1 aromatic heterocycles. The Morgan fingerprint density at radius 1 is 1.27 bits per heavy atom. The molecule has 1 aromatic carbocycles. The summed E-state index contributed by atoms with van der Waals surface area (Å²) in [6.07, 6.45) is 0. The van der Waals surface area contributed by atoms with Crippen LogP contribution in [0, 0.1) is 12.7 Å². The highest BCUT2D eigenvalue weighted by molar-refractivity contribution is 5.63. The fraction of sp³-hybridized carbons (Fsp3) is 0.182. The maximum atomic E-state index is 13.6. The fourth-order valence-corrected chi connectivity index (χ4v) is 1.41. The van der Waals surface area contributed by atoms with E-state index in [9.17, 15) is 4.39 Å². The molecule has 0 aliphatic rings. The lowest BCUT2D eigenvalue weighted by molar-refractivity contribution is 0.634. The SMILES string of the molecule is Cc1ccc(-c2nn(C)c(N)c2F)cc1. The zero-order chi connectivity index (χ0) is 11.0. The van der Waals surface area contributed by atoms with E-state index in [1.54, 1.807) is 7.05 Å². The molecular weight excluding hydrogens is 193 g/mol. The standard InChI is InChI=1S/C11H12FN3/c1-7-3-5-8(6-4-7)10-9(12)11(13)15(2)14-10/h3-6H,13H2,1-2H3. The average molecular weight is 205 g/mol. The third kappa shape index (κ3) is 1.58. The summed E-state index contributed by atoms with van der Waals surface area (Å²) in [7, 11) is 1.62. The lowest BCUT2D eigenvalue weighted by Gasteiger charge is -1.97. The Hall–Kier alpha value is -1.84. The normalized spacial score (nSPS) is 10.6. The van der Waals surface area contributed by atoms with Crippen LogP contribution in [0.25, 0.3) is 11.3 Å². The van der Waals surface area contributed by atoms with Crippen LogP contribution in [0.3, 0.4) is 0 Å². The summed E-state index contributed by atoms with van der Waals surface area (Å²) in [6.45, 7) is 1.98. The van der Waals surface area contributed by atoms with Crippen LogP contribution in [0.1, 0.15) is 5.56 Å². The molecule has 0 aliphatic heterocycles. The molecule has 0 spiro atoms. The molecule has 0 fully saturated rings. The van der Waals surface area contributed by atoms with E-state index < -0.39 is 5.82 Å². The average Bonchev–Trinajstić information content (AvgIpc) is 2.47. The van der Waals surface area contributed by atoms with Crippen molar-refractivity contribution in [2.24, 2.45) is 7.05 Å². The molecule has 4 heteroatoms. The van der Waals surface area contributed by atoms with Crippen LogP contribution in [-0.2, 0) is 7.05 Å². The number of benzene rings is 1. The van der Waals surface area contributed by atoms with E-state index in [1.807, 2.05) is 31.2 Å². The summed E-state index contributed by atoms with van der Waals surface area (Å²) in [5.41, 5.74) is 7.67. The number of hydrogen-bond acceptors (Lipinski definition) is 2. The summed E-state index contributed by atoms with van der Waals surface area (Å²) in [5.74, 6) is -0.396. The molecule has 3 nitrogen and oxygen atoms in total. The number of rotatable bonds is 1. The second-order valence-corrected chi connectivity index (χ2v) is 3.54. The number of nitrogens with two attached hydrogens (primary N) is 1. The van der Waals surface area contributed by atoms with Gasteiger partial charge in [0.1, 0.15) is 5.69 Å². The highest BCUT2D eigenvalue weighted by Gasteiger charge is 2.14. The Labute approximate surface area is 87.3 Å². The van der Waals surface area contributed by atoms with Crippen molar-refractivity contribution in [2.45, 2.75) is 6.92 Å². The van der Waals surface area contributed by atoms with Gasteiger partial charge in [-0.05, 0) is 6.92 Å². The van der Waals surface area contributed by atoms with Crippen LogP contribution in [-0.4, -0.2) is 9.78 Å². The summed E-state index contributed by atoms with van der Waals surface area (Å²) in [5, 5.41) is 4.03. The molecule has 0 saturated carbocycles. The predicted octanol–water partition coefficient (Wildman–Crippen LogP) is 2.12. The van der Waals surface area contributed by atoms with Gasteiger partial charge in [0.2, 0.25) is 0 Å². The first-order valence-corrected chi connectivity index (χ1v) is 4.64. The largest absolute Gasteiger partial charge is 0.381 e. The molecule has 1 heterocycles. The Balaban J connectivity index is 2.54. The minimum atomic E-state index is -0.457. The molecular formula is C11H12FN3. The van der Waals surface area contributed by atoms with E-state index in [1.165, 1.54) is 4.68 Å². The number of aromatic nitrogens is 2. The topological polar surface area (TPSA) is 43.8 Å². The minimum Gasteiger partial charge on any atom is -0.381 e. The maximum absolute atomic E-state index is 13.6. The molecule has 0 aliphatic carbocycles. The molecule has 2 rings (SSSR count). The van der Waals surface area contributed by atoms with E-state index in [0.717, 1.165) is 11.1 Å². The second kappa shape index (κ2) is 3.38. The zero-order valence-electron chi connectivity index (χ0n) is 8.66. The number of nitrogen functional groups attached to an aromatic ring is 1. The third-order valence-electron chi connectivity index (χ3n) is 2.36. The Morgan fingerprint density at radius 3 is 2.33 bits per heavy atom. The summed E-state index contributed by atoms with van der Waals surface area (Å²) < 4.78 is 14.9. The van der Waals surface area contributed by atoms with Crippen molar-refractivity contribution in [1.82, 2.24) is 9.78 Å². The number of aryl methyl sites for hydroxylation is 2. The Morgan fingerprint density at radius 2 is 1.87 bits per heavy atom. The van der Waals surface area contributed by atoms with Crippen LogP contribution in [0.15, 0.2) is 24.3 Å². The van der Waals surface area contributed by atoms with E-state index >= 15 is 0 Å². The van der Waals surface area contributed by atoms with Crippen molar-refractivity contribution in [3.63, 3.8) is 0 Å². The van der Waals surface area contributed by atoms with Gasteiger partial charge in [-0.1, -0.05) is 29.8 Å². The number of halogens is 1. The molecule has 0 unspecified atom stereocenters. The van der Waals surface area contributed by atoms with Gasteiger partial charge in [0.25, 0.3) is 0 Å². The lowest BCUT2D eigenvalue weighted by Crippen LogP contribution is -1.97. The molecule has 2 aromatic rings. The third-order valence-corrected chi connectivity index (χ3v) is 2.36. The molecule has 0 bridgehead atoms. The van der Waals surface area contributed by atoms with Crippen LogP contribution >= 0.6 is 0 Å². The molecule has 0 saturated heterocycles. The summed E-state index contributed by atoms with van der Waals surface area (Å²) >= 11 is 0. The Bertz CT molecular complexity index is 485. The van der Waals surface area contributed by atoms with E-state index in [-0.39, 0.29) is 5.82 Å². The van der Waals surface area contributed by atoms with Crippen molar-refractivity contribution < 1.29 is 4.39 Å². The van der Waals surface area contributed by atoms with Gasteiger partial charge in [-0.3, -0.25) is 0 Å². The van der Waals surface area contributed by atoms with Crippen LogP contribution in [0.5, 0.6) is 0 Å². The van der Waals surface area contributed by atoms with Gasteiger partial charge in [-0.2, -0.15) is 5.10 Å². The molecule has 78 valence electrons. The maximum Gasteiger partial charge on any atom is 0.192 e. The van der Waals surface area contributed by atoms with Crippen molar-refractivity contribution >= 4 is 5.82 Å². The van der Waals surface area contributed by atoms with Crippen LogP contribution in [0.4, 0.5) is 10.2 Å². The molecule has 0 amide bonds. The lowest BCUT2D eigenvalue weighted by atomic mass is 10.1. The monoisotopic (exact) mass is 205 g/mol. The molecule has 0 radical (unpaired) electrons.